The van der Waals surface area contributed by atoms with Gasteiger partial charge in [0.2, 0.25) is 0 Å². The lowest BCUT2D eigenvalue weighted by Crippen LogP contribution is -2.57. The Balaban J connectivity index is 1.54. The molecule has 0 aliphatic heterocycles. The maximum absolute atomic E-state index is 12.4. The average molecular weight is 348 g/mol. The highest BCUT2D eigenvalue weighted by molar-refractivity contribution is 5.86. The predicted molar refractivity (Wildman–Crippen MR) is 73.6 cm³/mol. The van der Waals surface area contributed by atoms with Crippen LogP contribution < -0.4 is 0 Å². The monoisotopic (exact) mass is 348 g/mol. The zero-order valence-electron chi connectivity index (χ0n) is 13.2. The molecule has 134 valence electrons. The summed E-state index contributed by atoms with van der Waals surface area (Å²) in [5.74, 6) is -4.23. The molecule has 4 rings (SSSR count). The van der Waals surface area contributed by atoms with Crippen LogP contribution in [0, 0.1) is 23.7 Å². The lowest BCUT2D eigenvalue weighted by Gasteiger charge is -2.54. The number of halogens is 3. The summed E-state index contributed by atoms with van der Waals surface area (Å²) in [6, 6.07) is 0. The van der Waals surface area contributed by atoms with E-state index < -0.39 is 36.2 Å². The standard InChI is InChI=1S/C16H19F3O5/c1-8(16(17,18)19)14(22)23-7-12(20)24-15-4-9-2-10(5-15)13(21)11(3-9)6-15/h8-11H,2-7H2,1H3. The van der Waals surface area contributed by atoms with Crippen molar-refractivity contribution in [2.75, 3.05) is 6.61 Å². The van der Waals surface area contributed by atoms with E-state index in [0.29, 0.717) is 32.1 Å². The molecule has 5 nitrogen and oxygen atoms in total. The first-order valence-corrected chi connectivity index (χ1v) is 8.08. The SMILES string of the molecule is CC(C(=O)OCC(=O)OC12CC3CC(C1)C(=O)C(C3)C2)C(F)(F)F. The van der Waals surface area contributed by atoms with E-state index in [1.54, 1.807) is 0 Å². The van der Waals surface area contributed by atoms with Crippen LogP contribution in [0.5, 0.6) is 0 Å². The van der Waals surface area contributed by atoms with Gasteiger partial charge in [0.1, 0.15) is 17.3 Å². The first kappa shape index (κ1) is 17.2. The van der Waals surface area contributed by atoms with E-state index in [2.05, 4.69) is 4.74 Å². The highest BCUT2D eigenvalue weighted by atomic mass is 19.4. The second kappa shape index (κ2) is 5.74. The van der Waals surface area contributed by atoms with E-state index in [0.717, 1.165) is 12.8 Å². The summed E-state index contributed by atoms with van der Waals surface area (Å²) >= 11 is 0. The molecule has 4 fully saturated rings. The molecule has 0 spiro atoms. The zero-order chi connectivity index (χ0) is 17.7. The van der Waals surface area contributed by atoms with Crippen LogP contribution in [0.4, 0.5) is 13.2 Å². The van der Waals surface area contributed by atoms with E-state index in [9.17, 15) is 27.6 Å². The van der Waals surface area contributed by atoms with E-state index in [1.807, 2.05) is 0 Å². The Bertz CT molecular complexity index is 553. The third-order valence-corrected chi connectivity index (χ3v) is 5.45. The third kappa shape index (κ3) is 3.15. The Morgan fingerprint density at radius 1 is 1.21 bits per heavy atom. The summed E-state index contributed by atoms with van der Waals surface area (Å²) in [6.07, 6.45) is -1.44. The maximum atomic E-state index is 12.4. The van der Waals surface area contributed by atoms with Crippen LogP contribution in [-0.4, -0.2) is 36.1 Å². The Labute approximate surface area is 136 Å². The van der Waals surface area contributed by atoms with Crippen LogP contribution >= 0.6 is 0 Å². The van der Waals surface area contributed by atoms with Crippen LogP contribution in [0.25, 0.3) is 0 Å². The molecule has 4 aliphatic rings. The first-order chi connectivity index (χ1) is 11.1. The Hall–Kier alpha value is -1.60. The summed E-state index contributed by atoms with van der Waals surface area (Å²) < 4.78 is 47.1. The van der Waals surface area contributed by atoms with Crippen LogP contribution in [0.2, 0.25) is 0 Å². The molecule has 0 amide bonds. The molecule has 0 radical (unpaired) electrons. The zero-order valence-corrected chi connectivity index (χ0v) is 13.2. The highest BCUT2D eigenvalue weighted by Crippen LogP contribution is 2.55. The van der Waals surface area contributed by atoms with Crippen LogP contribution in [0.3, 0.4) is 0 Å². The molecule has 24 heavy (non-hydrogen) atoms. The van der Waals surface area contributed by atoms with Gasteiger partial charge in [0, 0.05) is 11.8 Å². The van der Waals surface area contributed by atoms with E-state index >= 15 is 0 Å². The molecule has 0 aromatic rings. The second-order valence-corrected chi connectivity index (χ2v) is 7.27. The lowest BCUT2D eigenvalue weighted by atomic mass is 9.53. The van der Waals surface area contributed by atoms with Crippen molar-refractivity contribution in [1.82, 2.24) is 0 Å². The number of ether oxygens (including phenoxy) is 2. The fourth-order valence-corrected chi connectivity index (χ4v) is 4.46. The fraction of sp³-hybridized carbons (Fsp3) is 0.812. The first-order valence-electron chi connectivity index (χ1n) is 8.08. The van der Waals surface area contributed by atoms with E-state index in [4.69, 9.17) is 4.74 Å². The van der Waals surface area contributed by atoms with Crippen molar-refractivity contribution in [3.63, 3.8) is 0 Å². The minimum atomic E-state index is -4.71. The topological polar surface area (TPSA) is 69.7 Å². The van der Waals surface area contributed by atoms with Crippen molar-refractivity contribution in [3.05, 3.63) is 0 Å². The van der Waals surface area contributed by atoms with Crippen LogP contribution in [0.1, 0.15) is 39.0 Å². The maximum Gasteiger partial charge on any atom is 0.401 e. The molecule has 0 N–H and O–H groups in total. The van der Waals surface area contributed by atoms with Crippen LogP contribution in [0.15, 0.2) is 0 Å². The van der Waals surface area contributed by atoms with Gasteiger partial charge in [-0.05, 0) is 44.9 Å². The largest absolute Gasteiger partial charge is 0.456 e. The highest BCUT2D eigenvalue weighted by Gasteiger charge is 2.57. The van der Waals surface area contributed by atoms with Gasteiger partial charge in [0.05, 0.1) is 0 Å². The van der Waals surface area contributed by atoms with Crippen molar-refractivity contribution >= 4 is 17.7 Å². The molecule has 4 aliphatic carbocycles. The number of hydrogen-bond donors (Lipinski definition) is 0. The number of carbonyl (C=O) groups excluding carboxylic acids is 3. The molecule has 0 aromatic carbocycles. The summed E-state index contributed by atoms with van der Waals surface area (Å²) in [4.78, 5) is 35.3. The number of carbonyl (C=O) groups is 3. The fourth-order valence-electron chi connectivity index (χ4n) is 4.46. The summed E-state index contributed by atoms with van der Waals surface area (Å²) in [6.45, 7) is -0.159. The van der Waals surface area contributed by atoms with Gasteiger partial charge >= 0.3 is 18.1 Å². The summed E-state index contributed by atoms with van der Waals surface area (Å²) in [7, 11) is 0. The van der Waals surface area contributed by atoms with Gasteiger partial charge < -0.3 is 9.47 Å². The number of alkyl halides is 3. The molecule has 0 saturated heterocycles. The summed E-state index contributed by atoms with van der Waals surface area (Å²) in [5, 5.41) is 0. The van der Waals surface area contributed by atoms with Gasteiger partial charge in [-0.25, -0.2) is 4.79 Å². The van der Waals surface area contributed by atoms with Crippen LogP contribution in [-0.2, 0) is 23.9 Å². The molecule has 8 heteroatoms. The predicted octanol–water partition coefficient (Wildman–Crippen LogP) is 2.42. The van der Waals surface area contributed by atoms with Crippen molar-refractivity contribution in [2.24, 2.45) is 23.7 Å². The van der Waals surface area contributed by atoms with E-state index in [1.165, 1.54) is 0 Å². The van der Waals surface area contributed by atoms with Crippen molar-refractivity contribution in [1.29, 1.82) is 0 Å². The van der Waals surface area contributed by atoms with Crippen molar-refractivity contribution in [3.8, 4) is 0 Å². The van der Waals surface area contributed by atoms with Crippen molar-refractivity contribution < 1.29 is 37.0 Å². The third-order valence-electron chi connectivity index (χ3n) is 5.45. The van der Waals surface area contributed by atoms with Gasteiger partial charge in [-0.2, -0.15) is 13.2 Å². The van der Waals surface area contributed by atoms with Gasteiger partial charge in [0.25, 0.3) is 0 Å². The quantitative estimate of drug-likeness (QED) is 0.730. The average Bonchev–Trinajstić information content (AvgIpc) is 2.47. The number of esters is 2. The molecule has 0 heterocycles. The normalized spacial score (nSPS) is 35.7. The van der Waals surface area contributed by atoms with Gasteiger partial charge in [0.15, 0.2) is 6.61 Å². The lowest BCUT2D eigenvalue weighted by molar-refractivity contribution is -0.203. The Kier molecular flexibility index (Phi) is 4.12. The van der Waals surface area contributed by atoms with E-state index in [-0.39, 0.29) is 17.6 Å². The molecule has 3 atom stereocenters. The second-order valence-electron chi connectivity index (χ2n) is 7.27. The number of Topliss-reactive ketones (excluding diaryl/α,β-unsaturated/α-hetero) is 1. The Morgan fingerprint density at radius 2 is 1.79 bits per heavy atom. The number of rotatable bonds is 4. The molecular formula is C16H19F3O5. The van der Waals surface area contributed by atoms with Gasteiger partial charge in [-0.1, -0.05) is 0 Å². The van der Waals surface area contributed by atoms with Gasteiger partial charge in [-0.3, -0.25) is 9.59 Å². The minimum absolute atomic E-state index is 0.0862. The molecule has 3 unspecified atom stereocenters. The molecular weight excluding hydrogens is 329 g/mol. The molecule has 4 saturated carbocycles. The number of ketones is 1. The molecule has 4 bridgehead atoms. The number of hydrogen-bond acceptors (Lipinski definition) is 5. The minimum Gasteiger partial charge on any atom is -0.456 e. The van der Waals surface area contributed by atoms with Crippen molar-refractivity contribution in [2.45, 2.75) is 50.8 Å². The summed E-state index contributed by atoms with van der Waals surface area (Å²) in [5.41, 5.74) is -0.719. The molecule has 0 aromatic heterocycles. The smallest absolute Gasteiger partial charge is 0.401 e. The van der Waals surface area contributed by atoms with Gasteiger partial charge in [-0.15, -0.1) is 0 Å². The Morgan fingerprint density at radius 3 is 2.33 bits per heavy atom.